The number of esters is 2. The summed E-state index contributed by atoms with van der Waals surface area (Å²) in [5, 5.41) is 0. The molecule has 5 nitrogen and oxygen atoms in total. The van der Waals surface area contributed by atoms with E-state index in [0.29, 0.717) is 19.1 Å². The zero-order valence-corrected chi connectivity index (χ0v) is 12.6. The SMILES string of the molecule is COCC1CCC(C(=O)OCCCCOC(C)=O)CC1. The highest BCUT2D eigenvalue weighted by Crippen LogP contribution is 2.29. The fourth-order valence-corrected chi connectivity index (χ4v) is 2.51. The minimum absolute atomic E-state index is 0.0524. The lowest BCUT2D eigenvalue weighted by Crippen LogP contribution is -2.25. The lowest BCUT2D eigenvalue weighted by atomic mass is 9.82. The van der Waals surface area contributed by atoms with E-state index in [2.05, 4.69) is 0 Å². The zero-order chi connectivity index (χ0) is 14.8. The molecule has 1 aliphatic carbocycles. The Hall–Kier alpha value is -1.10. The average Bonchev–Trinajstić information content (AvgIpc) is 2.43. The molecule has 1 fully saturated rings. The summed E-state index contributed by atoms with van der Waals surface area (Å²) >= 11 is 0. The van der Waals surface area contributed by atoms with Crippen LogP contribution in [0.1, 0.15) is 45.4 Å². The van der Waals surface area contributed by atoms with Crippen LogP contribution in [0.15, 0.2) is 0 Å². The summed E-state index contributed by atoms with van der Waals surface area (Å²) < 4.78 is 15.2. The summed E-state index contributed by atoms with van der Waals surface area (Å²) in [4.78, 5) is 22.4. The molecule has 0 aromatic carbocycles. The summed E-state index contributed by atoms with van der Waals surface area (Å²) in [6.45, 7) is 2.99. The highest BCUT2D eigenvalue weighted by molar-refractivity contribution is 5.72. The Morgan fingerprint density at radius 2 is 1.60 bits per heavy atom. The first-order chi connectivity index (χ1) is 9.63. The first-order valence-electron chi connectivity index (χ1n) is 7.42. The van der Waals surface area contributed by atoms with Crippen molar-refractivity contribution in [3.63, 3.8) is 0 Å². The van der Waals surface area contributed by atoms with Gasteiger partial charge in [-0.25, -0.2) is 0 Å². The summed E-state index contributed by atoms with van der Waals surface area (Å²) in [6, 6.07) is 0. The van der Waals surface area contributed by atoms with Crippen LogP contribution in [0.2, 0.25) is 0 Å². The van der Waals surface area contributed by atoms with Gasteiger partial charge in [0.2, 0.25) is 0 Å². The van der Waals surface area contributed by atoms with Crippen molar-refractivity contribution in [1.82, 2.24) is 0 Å². The maximum absolute atomic E-state index is 11.9. The Labute approximate surface area is 121 Å². The molecule has 0 bridgehead atoms. The van der Waals surface area contributed by atoms with Crippen molar-refractivity contribution in [3.8, 4) is 0 Å². The van der Waals surface area contributed by atoms with E-state index in [-0.39, 0.29) is 17.9 Å². The Morgan fingerprint density at radius 1 is 1.00 bits per heavy atom. The van der Waals surface area contributed by atoms with Gasteiger partial charge in [0.15, 0.2) is 0 Å². The van der Waals surface area contributed by atoms with E-state index >= 15 is 0 Å². The molecule has 1 aliphatic rings. The third-order valence-electron chi connectivity index (χ3n) is 3.67. The standard InChI is InChI=1S/C15H26O5/c1-12(16)19-9-3-4-10-20-15(17)14-7-5-13(6-8-14)11-18-2/h13-14H,3-11H2,1-2H3. The van der Waals surface area contributed by atoms with Crippen LogP contribution in [-0.4, -0.2) is 38.9 Å². The zero-order valence-electron chi connectivity index (χ0n) is 12.6. The third-order valence-corrected chi connectivity index (χ3v) is 3.67. The molecule has 0 spiro atoms. The number of ether oxygens (including phenoxy) is 3. The maximum Gasteiger partial charge on any atom is 0.308 e. The molecule has 1 saturated carbocycles. The molecule has 0 amide bonds. The largest absolute Gasteiger partial charge is 0.466 e. The topological polar surface area (TPSA) is 61.8 Å². The molecule has 0 N–H and O–H groups in total. The van der Waals surface area contributed by atoms with Crippen LogP contribution in [0.5, 0.6) is 0 Å². The van der Waals surface area contributed by atoms with Crippen molar-refractivity contribution in [2.45, 2.75) is 45.4 Å². The molecule has 1 rings (SSSR count). The van der Waals surface area contributed by atoms with Gasteiger partial charge in [-0.3, -0.25) is 9.59 Å². The lowest BCUT2D eigenvalue weighted by molar-refractivity contribution is -0.150. The van der Waals surface area contributed by atoms with Crippen molar-refractivity contribution < 1.29 is 23.8 Å². The van der Waals surface area contributed by atoms with Crippen molar-refractivity contribution >= 4 is 11.9 Å². The van der Waals surface area contributed by atoms with Crippen LogP contribution >= 0.6 is 0 Å². The summed E-state index contributed by atoms with van der Waals surface area (Å²) in [6.07, 6.45) is 5.35. The fraction of sp³-hybridized carbons (Fsp3) is 0.867. The predicted octanol–water partition coefficient (Wildman–Crippen LogP) is 2.33. The maximum atomic E-state index is 11.9. The summed E-state index contributed by atoms with van der Waals surface area (Å²) in [7, 11) is 1.72. The number of hydrogen-bond donors (Lipinski definition) is 0. The first kappa shape index (κ1) is 17.0. The van der Waals surface area contributed by atoms with Gasteiger partial charge < -0.3 is 14.2 Å². The molecule has 0 heterocycles. The van der Waals surface area contributed by atoms with Gasteiger partial charge in [-0.1, -0.05) is 0 Å². The number of unbranched alkanes of at least 4 members (excludes halogenated alkanes) is 1. The van der Waals surface area contributed by atoms with Gasteiger partial charge in [0.05, 0.1) is 19.1 Å². The van der Waals surface area contributed by atoms with E-state index in [1.807, 2.05) is 0 Å². The van der Waals surface area contributed by atoms with Gasteiger partial charge in [-0.15, -0.1) is 0 Å². The van der Waals surface area contributed by atoms with Crippen molar-refractivity contribution in [2.24, 2.45) is 11.8 Å². The second-order valence-electron chi connectivity index (χ2n) is 5.39. The average molecular weight is 286 g/mol. The molecule has 20 heavy (non-hydrogen) atoms. The second-order valence-corrected chi connectivity index (χ2v) is 5.39. The molecular formula is C15H26O5. The highest BCUT2D eigenvalue weighted by Gasteiger charge is 2.27. The number of methoxy groups -OCH3 is 1. The quantitative estimate of drug-likeness (QED) is 0.506. The number of carbonyl (C=O) groups excluding carboxylic acids is 2. The number of hydrogen-bond acceptors (Lipinski definition) is 5. The van der Waals surface area contributed by atoms with E-state index in [9.17, 15) is 9.59 Å². The van der Waals surface area contributed by atoms with Gasteiger partial charge in [-0.2, -0.15) is 0 Å². The van der Waals surface area contributed by atoms with Crippen LogP contribution < -0.4 is 0 Å². The molecular weight excluding hydrogens is 260 g/mol. The van der Waals surface area contributed by atoms with Gasteiger partial charge in [0.25, 0.3) is 0 Å². The molecule has 0 radical (unpaired) electrons. The Kier molecular flexibility index (Phi) is 8.26. The van der Waals surface area contributed by atoms with E-state index in [1.165, 1.54) is 6.92 Å². The van der Waals surface area contributed by atoms with Crippen LogP contribution in [0, 0.1) is 11.8 Å². The lowest BCUT2D eigenvalue weighted by Gasteiger charge is -2.26. The van der Waals surface area contributed by atoms with Crippen LogP contribution in [0.25, 0.3) is 0 Å². The Balaban J connectivity index is 2.04. The van der Waals surface area contributed by atoms with Crippen LogP contribution in [0.3, 0.4) is 0 Å². The molecule has 0 aromatic heterocycles. The van der Waals surface area contributed by atoms with Gasteiger partial charge in [0.1, 0.15) is 0 Å². The summed E-state index contributed by atoms with van der Waals surface area (Å²) in [5.41, 5.74) is 0. The van der Waals surface area contributed by atoms with Crippen LogP contribution in [-0.2, 0) is 23.8 Å². The number of rotatable bonds is 8. The minimum Gasteiger partial charge on any atom is -0.466 e. The van der Waals surface area contributed by atoms with Gasteiger partial charge in [-0.05, 0) is 44.4 Å². The minimum atomic E-state index is -0.269. The van der Waals surface area contributed by atoms with E-state index in [0.717, 1.165) is 45.1 Å². The van der Waals surface area contributed by atoms with E-state index in [1.54, 1.807) is 7.11 Å². The van der Waals surface area contributed by atoms with E-state index in [4.69, 9.17) is 14.2 Å². The molecule has 0 unspecified atom stereocenters. The molecule has 0 atom stereocenters. The fourth-order valence-electron chi connectivity index (χ4n) is 2.51. The molecule has 0 saturated heterocycles. The number of carbonyl (C=O) groups is 2. The molecule has 0 aliphatic heterocycles. The van der Waals surface area contributed by atoms with Gasteiger partial charge in [0, 0.05) is 20.6 Å². The predicted molar refractivity (Wildman–Crippen MR) is 74.2 cm³/mol. The highest BCUT2D eigenvalue weighted by atomic mass is 16.5. The second kappa shape index (κ2) is 9.75. The summed E-state index contributed by atoms with van der Waals surface area (Å²) in [5.74, 6) is 0.299. The normalized spacial score (nSPS) is 22.3. The Morgan fingerprint density at radius 3 is 2.15 bits per heavy atom. The molecule has 5 heteroatoms. The third kappa shape index (κ3) is 6.89. The van der Waals surface area contributed by atoms with Crippen LogP contribution in [0.4, 0.5) is 0 Å². The molecule has 0 aromatic rings. The van der Waals surface area contributed by atoms with Crippen molar-refractivity contribution in [3.05, 3.63) is 0 Å². The van der Waals surface area contributed by atoms with Crippen molar-refractivity contribution in [1.29, 1.82) is 0 Å². The smallest absolute Gasteiger partial charge is 0.308 e. The monoisotopic (exact) mass is 286 g/mol. The molecule has 116 valence electrons. The Bertz CT molecular complexity index is 295. The first-order valence-corrected chi connectivity index (χ1v) is 7.42. The van der Waals surface area contributed by atoms with Crippen molar-refractivity contribution in [2.75, 3.05) is 26.9 Å². The van der Waals surface area contributed by atoms with E-state index < -0.39 is 0 Å². The van der Waals surface area contributed by atoms with Gasteiger partial charge >= 0.3 is 11.9 Å².